The number of nitrogens with one attached hydrogen (secondary N) is 1. The number of halogens is 2. The molecular formula is C26H21Cl2N3O6S. The zero-order valence-corrected chi connectivity index (χ0v) is 22.4. The van der Waals surface area contributed by atoms with Crippen molar-refractivity contribution >= 4 is 67.1 Å². The van der Waals surface area contributed by atoms with Crippen molar-refractivity contribution in [2.45, 2.75) is 18.7 Å². The number of fused-ring (bicyclic) bond motifs is 1. The van der Waals surface area contributed by atoms with E-state index in [2.05, 4.69) is 15.5 Å². The van der Waals surface area contributed by atoms with E-state index in [0.717, 1.165) is 0 Å². The number of phenols is 1. The van der Waals surface area contributed by atoms with Crippen LogP contribution in [-0.2, 0) is 10.1 Å². The van der Waals surface area contributed by atoms with Crippen molar-refractivity contribution in [3.8, 4) is 11.5 Å². The molecule has 9 nitrogen and oxygen atoms in total. The Balaban J connectivity index is 1.84. The van der Waals surface area contributed by atoms with E-state index >= 15 is 0 Å². The molecule has 12 heteroatoms. The van der Waals surface area contributed by atoms with Gasteiger partial charge in [-0.15, -0.1) is 10.2 Å². The molecule has 0 saturated carbocycles. The third kappa shape index (κ3) is 5.58. The van der Waals surface area contributed by atoms with Crippen molar-refractivity contribution in [3.05, 3.63) is 81.8 Å². The molecule has 0 saturated heterocycles. The van der Waals surface area contributed by atoms with Crippen molar-refractivity contribution in [1.82, 2.24) is 0 Å². The first-order valence-electron chi connectivity index (χ1n) is 11.2. The maximum Gasteiger partial charge on any atom is 0.296 e. The predicted molar refractivity (Wildman–Crippen MR) is 146 cm³/mol. The number of hydrogen-bond acceptors (Lipinski definition) is 7. The van der Waals surface area contributed by atoms with Gasteiger partial charge in [-0.05, 0) is 55.1 Å². The average molecular weight is 574 g/mol. The first-order valence-corrected chi connectivity index (χ1v) is 13.4. The first kappa shape index (κ1) is 27.3. The van der Waals surface area contributed by atoms with Crippen LogP contribution < -0.4 is 10.1 Å². The number of azo groups is 1. The largest absolute Gasteiger partial charge is 0.505 e. The minimum Gasteiger partial charge on any atom is -0.505 e. The quantitative estimate of drug-likeness (QED) is 0.155. The van der Waals surface area contributed by atoms with Crippen molar-refractivity contribution in [3.63, 3.8) is 0 Å². The van der Waals surface area contributed by atoms with Gasteiger partial charge in [-0.25, -0.2) is 0 Å². The van der Waals surface area contributed by atoms with Crippen LogP contribution in [0, 0.1) is 6.92 Å². The molecular weight excluding hydrogens is 553 g/mol. The molecule has 0 unspecified atom stereocenters. The fourth-order valence-electron chi connectivity index (χ4n) is 3.78. The number of aryl methyl sites for hydroxylation is 1. The minimum atomic E-state index is -4.69. The summed E-state index contributed by atoms with van der Waals surface area (Å²) >= 11 is 12.4. The number of aromatic hydroxyl groups is 1. The van der Waals surface area contributed by atoms with E-state index < -0.39 is 26.7 Å². The average Bonchev–Trinajstić information content (AvgIpc) is 2.85. The molecule has 4 aromatic rings. The van der Waals surface area contributed by atoms with Crippen LogP contribution >= 0.6 is 23.2 Å². The van der Waals surface area contributed by atoms with Crippen LogP contribution in [0.25, 0.3) is 10.8 Å². The number of ether oxygens (including phenoxy) is 1. The number of rotatable bonds is 7. The SMILES string of the molecule is CCOc1c(Cl)cccc1NC(=O)c1cc2ccccc2c(N=Nc2c(Cl)cc(C)cc2S(=O)(=O)O)c1O. The third-order valence-corrected chi connectivity index (χ3v) is 6.90. The van der Waals surface area contributed by atoms with Crippen LogP contribution in [0.2, 0.25) is 10.0 Å². The molecule has 1 amide bonds. The molecule has 0 aliphatic rings. The van der Waals surface area contributed by atoms with Crippen LogP contribution in [0.4, 0.5) is 17.1 Å². The highest BCUT2D eigenvalue weighted by Crippen LogP contribution is 2.42. The van der Waals surface area contributed by atoms with Crippen molar-refractivity contribution < 1.29 is 27.6 Å². The lowest BCUT2D eigenvalue weighted by molar-refractivity contribution is 0.102. The third-order valence-electron chi connectivity index (χ3n) is 5.44. The van der Waals surface area contributed by atoms with Crippen LogP contribution in [0.3, 0.4) is 0 Å². The number of carbonyl (C=O) groups is 1. The number of para-hydroxylation sites is 1. The molecule has 0 aromatic heterocycles. The Morgan fingerprint density at radius 1 is 1.00 bits per heavy atom. The first-order chi connectivity index (χ1) is 18.0. The molecule has 38 heavy (non-hydrogen) atoms. The Bertz CT molecular complexity index is 1710. The summed E-state index contributed by atoms with van der Waals surface area (Å²) in [6.45, 7) is 3.68. The number of phenolic OH excluding ortho intramolecular Hbond substituents is 1. The van der Waals surface area contributed by atoms with Gasteiger partial charge in [0.2, 0.25) is 0 Å². The van der Waals surface area contributed by atoms with Gasteiger partial charge in [0.1, 0.15) is 16.3 Å². The zero-order valence-electron chi connectivity index (χ0n) is 20.1. The minimum absolute atomic E-state index is 0.0801. The lowest BCUT2D eigenvalue weighted by Crippen LogP contribution is -2.13. The van der Waals surface area contributed by atoms with Crippen LogP contribution in [0.1, 0.15) is 22.8 Å². The maximum absolute atomic E-state index is 13.3. The Labute approximate surface area is 228 Å². The van der Waals surface area contributed by atoms with Gasteiger partial charge in [0.05, 0.1) is 27.9 Å². The van der Waals surface area contributed by atoms with Gasteiger partial charge < -0.3 is 15.2 Å². The molecule has 3 N–H and O–H groups in total. The smallest absolute Gasteiger partial charge is 0.296 e. The Kier molecular flexibility index (Phi) is 7.89. The Morgan fingerprint density at radius 3 is 2.42 bits per heavy atom. The predicted octanol–water partition coefficient (Wildman–Crippen LogP) is 7.47. The summed E-state index contributed by atoms with van der Waals surface area (Å²) in [5.41, 5.74) is 0.205. The van der Waals surface area contributed by atoms with Crippen LogP contribution in [0.5, 0.6) is 11.5 Å². The standard InChI is InChI=1S/C26H21Cl2N3O6S/c1-3-37-25-18(27)9-6-10-20(25)29-26(33)17-13-15-7-4-5-8-16(15)22(24(17)32)30-31-23-19(28)11-14(2)12-21(23)38(34,35)36/h4-13,32H,3H2,1-2H3,(H,29,33)(H,34,35,36). The summed E-state index contributed by atoms with van der Waals surface area (Å²) in [5, 5.41) is 23.0. The van der Waals surface area contributed by atoms with E-state index in [1.54, 1.807) is 56.3 Å². The normalized spacial score (nSPS) is 11.7. The Morgan fingerprint density at radius 2 is 1.71 bits per heavy atom. The van der Waals surface area contributed by atoms with Crippen LogP contribution in [0.15, 0.2) is 75.8 Å². The van der Waals surface area contributed by atoms with Crippen LogP contribution in [-0.4, -0.2) is 30.6 Å². The van der Waals surface area contributed by atoms with E-state index in [0.29, 0.717) is 33.7 Å². The lowest BCUT2D eigenvalue weighted by atomic mass is 10.0. The van der Waals surface area contributed by atoms with Crippen molar-refractivity contribution in [2.75, 3.05) is 11.9 Å². The summed E-state index contributed by atoms with van der Waals surface area (Å²) in [5.74, 6) is -0.918. The number of amides is 1. The zero-order chi connectivity index (χ0) is 27.6. The topological polar surface area (TPSA) is 138 Å². The fourth-order valence-corrected chi connectivity index (χ4v) is 5.10. The summed E-state index contributed by atoms with van der Waals surface area (Å²) in [4.78, 5) is 12.7. The number of anilines is 1. The molecule has 0 atom stereocenters. The van der Waals surface area contributed by atoms with Gasteiger partial charge in [-0.3, -0.25) is 9.35 Å². The molecule has 196 valence electrons. The second-order valence-electron chi connectivity index (χ2n) is 8.11. The van der Waals surface area contributed by atoms with Gasteiger partial charge in [0, 0.05) is 5.39 Å². The van der Waals surface area contributed by atoms with Crippen molar-refractivity contribution in [1.29, 1.82) is 0 Å². The fraction of sp³-hybridized carbons (Fsp3) is 0.115. The van der Waals surface area contributed by atoms with Gasteiger partial charge in [0.15, 0.2) is 11.5 Å². The van der Waals surface area contributed by atoms with E-state index in [-0.39, 0.29) is 27.7 Å². The molecule has 0 aliphatic heterocycles. The Hall–Kier alpha value is -3.70. The van der Waals surface area contributed by atoms with Gasteiger partial charge in [-0.1, -0.05) is 53.5 Å². The second kappa shape index (κ2) is 11.0. The highest BCUT2D eigenvalue weighted by atomic mass is 35.5. The maximum atomic E-state index is 13.3. The van der Waals surface area contributed by atoms with E-state index in [1.165, 1.54) is 18.2 Å². The summed E-state index contributed by atoms with van der Waals surface area (Å²) in [6, 6.07) is 15.8. The highest BCUT2D eigenvalue weighted by molar-refractivity contribution is 7.86. The molecule has 0 aliphatic carbocycles. The van der Waals surface area contributed by atoms with E-state index in [9.17, 15) is 22.9 Å². The summed E-state index contributed by atoms with van der Waals surface area (Å²) in [6.07, 6.45) is 0. The molecule has 0 spiro atoms. The lowest BCUT2D eigenvalue weighted by Gasteiger charge is -2.14. The molecule has 0 radical (unpaired) electrons. The van der Waals surface area contributed by atoms with Gasteiger partial charge in [-0.2, -0.15) is 8.42 Å². The molecule has 0 fully saturated rings. The number of nitrogens with zero attached hydrogens (tertiary/aromatic N) is 2. The van der Waals surface area contributed by atoms with E-state index in [4.69, 9.17) is 27.9 Å². The van der Waals surface area contributed by atoms with E-state index in [1.807, 2.05) is 0 Å². The van der Waals surface area contributed by atoms with Crippen molar-refractivity contribution in [2.24, 2.45) is 10.2 Å². The molecule has 4 aromatic carbocycles. The molecule has 4 rings (SSSR count). The second-order valence-corrected chi connectivity index (χ2v) is 10.3. The van der Waals surface area contributed by atoms with Gasteiger partial charge >= 0.3 is 0 Å². The summed E-state index contributed by atoms with van der Waals surface area (Å²) < 4.78 is 39.1. The highest BCUT2D eigenvalue weighted by Gasteiger charge is 2.22. The summed E-state index contributed by atoms with van der Waals surface area (Å²) in [7, 11) is -4.69. The number of carbonyl (C=O) groups excluding carboxylic acids is 1. The molecule has 0 bridgehead atoms. The monoisotopic (exact) mass is 573 g/mol. The number of hydrogen-bond donors (Lipinski definition) is 3. The molecule has 0 heterocycles. The number of benzene rings is 4. The van der Waals surface area contributed by atoms with Gasteiger partial charge in [0.25, 0.3) is 16.0 Å².